The lowest BCUT2D eigenvalue weighted by Gasteiger charge is -2.10. The van der Waals surface area contributed by atoms with E-state index in [0.717, 1.165) is 5.56 Å². The molecule has 1 aromatic carbocycles. The third kappa shape index (κ3) is 5.43. The fraction of sp³-hybridized carbons (Fsp3) is 0.455. The average Bonchev–Trinajstić information content (AvgIpc) is 2.29. The van der Waals surface area contributed by atoms with Crippen LogP contribution in [0, 0.1) is 0 Å². The Balaban J connectivity index is 2.57. The fourth-order valence-electron chi connectivity index (χ4n) is 1.21. The van der Waals surface area contributed by atoms with Crippen molar-refractivity contribution in [3.8, 4) is 0 Å². The molecular weight excluding hydrogens is 256 g/mol. The van der Waals surface area contributed by atoms with Crippen LogP contribution in [0.4, 0.5) is 5.69 Å². The minimum absolute atomic E-state index is 0.00557. The highest BCUT2D eigenvalue weighted by Crippen LogP contribution is 2.09. The molecule has 0 aromatic heterocycles. The molecule has 0 saturated heterocycles. The van der Waals surface area contributed by atoms with Gasteiger partial charge in [0.15, 0.2) is 0 Å². The van der Waals surface area contributed by atoms with Crippen LogP contribution in [0.25, 0.3) is 0 Å². The number of benzene rings is 1. The molecule has 96 valence electrons. The van der Waals surface area contributed by atoms with Crippen molar-refractivity contribution >= 4 is 27.5 Å². The van der Waals surface area contributed by atoms with Gasteiger partial charge in [0.2, 0.25) is 10.0 Å². The molecule has 0 heterocycles. The molecule has 0 fully saturated rings. The van der Waals surface area contributed by atoms with Crippen LogP contribution in [-0.2, 0) is 15.8 Å². The first-order valence-corrected chi connectivity index (χ1v) is 8.21. The van der Waals surface area contributed by atoms with Gasteiger partial charge in [-0.2, -0.15) is 11.8 Å². The molecule has 3 N–H and O–H groups in total. The first kappa shape index (κ1) is 14.3. The fourth-order valence-corrected chi connectivity index (χ4v) is 2.80. The molecule has 0 saturated carbocycles. The summed E-state index contributed by atoms with van der Waals surface area (Å²) in [6.07, 6.45) is 1.96. The number of hydrogen-bond donors (Lipinski definition) is 2. The van der Waals surface area contributed by atoms with Gasteiger partial charge in [0, 0.05) is 17.5 Å². The molecule has 0 radical (unpaired) electrons. The Kier molecular flexibility index (Phi) is 5.30. The van der Waals surface area contributed by atoms with Crippen LogP contribution in [0.3, 0.4) is 0 Å². The van der Waals surface area contributed by atoms with E-state index in [0.29, 0.717) is 12.2 Å². The van der Waals surface area contributed by atoms with Gasteiger partial charge in [0.25, 0.3) is 0 Å². The largest absolute Gasteiger partial charge is 0.399 e. The second-order valence-electron chi connectivity index (χ2n) is 3.90. The van der Waals surface area contributed by atoms with E-state index in [-0.39, 0.29) is 11.0 Å². The number of anilines is 1. The molecule has 1 rings (SSSR count). The van der Waals surface area contributed by atoms with Crippen molar-refractivity contribution in [3.05, 3.63) is 29.8 Å². The topological polar surface area (TPSA) is 72.2 Å². The molecule has 17 heavy (non-hydrogen) atoms. The molecule has 0 spiro atoms. The Bertz CT molecular complexity index is 443. The quantitative estimate of drug-likeness (QED) is 0.770. The van der Waals surface area contributed by atoms with Crippen molar-refractivity contribution in [2.45, 2.75) is 17.9 Å². The summed E-state index contributed by atoms with van der Waals surface area (Å²) < 4.78 is 26.1. The first-order chi connectivity index (χ1) is 7.93. The monoisotopic (exact) mass is 274 g/mol. The number of hydrogen-bond acceptors (Lipinski definition) is 4. The standard InChI is InChI=1S/C11H18N2O2S2/c1-9(16-2)7-13-17(14,15)8-10-3-5-11(12)6-4-10/h3-6,9,13H,7-8,12H2,1-2H3. The van der Waals surface area contributed by atoms with Crippen LogP contribution in [0.2, 0.25) is 0 Å². The number of nitrogens with one attached hydrogen (secondary N) is 1. The van der Waals surface area contributed by atoms with Gasteiger partial charge in [-0.25, -0.2) is 13.1 Å². The molecule has 4 nitrogen and oxygen atoms in total. The SMILES string of the molecule is CSC(C)CNS(=O)(=O)Cc1ccc(N)cc1. The van der Waals surface area contributed by atoms with Crippen LogP contribution >= 0.6 is 11.8 Å². The van der Waals surface area contributed by atoms with Gasteiger partial charge in [-0.1, -0.05) is 19.1 Å². The van der Waals surface area contributed by atoms with E-state index < -0.39 is 10.0 Å². The highest BCUT2D eigenvalue weighted by atomic mass is 32.2. The summed E-state index contributed by atoms with van der Waals surface area (Å²) >= 11 is 1.63. The van der Waals surface area contributed by atoms with Gasteiger partial charge in [0.05, 0.1) is 5.75 Å². The predicted molar refractivity (Wildman–Crippen MR) is 74.5 cm³/mol. The Morgan fingerprint density at radius 2 is 1.94 bits per heavy atom. The van der Waals surface area contributed by atoms with Gasteiger partial charge >= 0.3 is 0 Å². The van der Waals surface area contributed by atoms with E-state index in [4.69, 9.17) is 5.73 Å². The molecule has 0 amide bonds. The first-order valence-electron chi connectivity index (χ1n) is 5.27. The molecule has 0 aliphatic heterocycles. The van der Waals surface area contributed by atoms with Crippen molar-refractivity contribution in [1.29, 1.82) is 0 Å². The van der Waals surface area contributed by atoms with Crippen LogP contribution in [-0.4, -0.2) is 26.5 Å². The van der Waals surface area contributed by atoms with Crippen LogP contribution in [0.1, 0.15) is 12.5 Å². The summed E-state index contributed by atoms with van der Waals surface area (Å²) in [6, 6.07) is 6.86. The van der Waals surface area contributed by atoms with Crippen molar-refractivity contribution < 1.29 is 8.42 Å². The van der Waals surface area contributed by atoms with Crippen molar-refractivity contribution in [2.75, 3.05) is 18.5 Å². The molecular formula is C11H18N2O2S2. The summed E-state index contributed by atoms with van der Waals surface area (Å²) in [5, 5.41) is 0.274. The number of sulfonamides is 1. The van der Waals surface area contributed by atoms with Crippen LogP contribution < -0.4 is 10.5 Å². The smallest absolute Gasteiger partial charge is 0.215 e. The zero-order valence-corrected chi connectivity index (χ0v) is 11.6. The zero-order chi connectivity index (χ0) is 12.9. The molecule has 1 unspecified atom stereocenters. The van der Waals surface area contributed by atoms with E-state index in [9.17, 15) is 8.42 Å². The third-order valence-electron chi connectivity index (χ3n) is 2.33. The Morgan fingerprint density at radius 1 is 1.35 bits per heavy atom. The van der Waals surface area contributed by atoms with Gasteiger partial charge in [0.1, 0.15) is 0 Å². The molecule has 0 bridgehead atoms. The second-order valence-corrected chi connectivity index (χ2v) is 6.98. The van der Waals surface area contributed by atoms with Crippen molar-refractivity contribution in [1.82, 2.24) is 4.72 Å². The van der Waals surface area contributed by atoms with Crippen molar-refractivity contribution in [2.24, 2.45) is 0 Å². The summed E-state index contributed by atoms with van der Waals surface area (Å²) in [6.45, 7) is 2.44. The molecule has 0 aliphatic carbocycles. The molecule has 0 aliphatic rings. The lowest BCUT2D eigenvalue weighted by Crippen LogP contribution is -2.30. The lowest BCUT2D eigenvalue weighted by atomic mass is 10.2. The number of nitrogens with two attached hydrogens (primary N) is 1. The highest BCUT2D eigenvalue weighted by molar-refractivity contribution is 7.99. The van der Waals surface area contributed by atoms with Gasteiger partial charge in [-0.05, 0) is 24.0 Å². The minimum Gasteiger partial charge on any atom is -0.399 e. The van der Waals surface area contributed by atoms with E-state index in [1.165, 1.54) is 0 Å². The maximum absolute atomic E-state index is 11.8. The normalized spacial score (nSPS) is 13.5. The predicted octanol–water partition coefficient (Wildman–Crippen LogP) is 1.44. The number of thioether (sulfide) groups is 1. The van der Waals surface area contributed by atoms with Crippen LogP contribution in [0.15, 0.2) is 24.3 Å². The van der Waals surface area contributed by atoms with E-state index in [1.54, 1.807) is 36.0 Å². The summed E-state index contributed by atoms with van der Waals surface area (Å²) in [5.41, 5.74) is 6.91. The third-order valence-corrected chi connectivity index (χ3v) is 4.62. The molecule has 6 heteroatoms. The van der Waals surface area contributed by atoms with E-state index in [1.807, 2.05) is 13.2 Å². The van der Waals surface area contributed by atoms with Gasteiger partial charge in [-0.15, -0.1) is 0 Å². The zero-order valence-electron chi connectivity index (χ0n) is 10.0. The maximum atomic E-state index is 11.8. The van der Waals surface area contributed by atoms with Gasteiger partial charge < -0.3 is 5.73 Å². The summed E-state index contributed by atoms with van der Waals surface area (Å²) in [5.74, 6) is -0.00557. The number of rotatable bonds is 6. The maximum Gasteiger partial charge on any atom is 0.215 e. The second kappa shape index (κ2) is 6.28. The summed E-state index contributed by atoms with van der Waals surface area (Å²) in [7, 11) is -3.26. The van der Waals surface area contributed by atoms with Crippen LogP contribution in [0.5, 0.6) is 0 Å². The highest BCUT2D eigenvalue weighted by Gasteiger charge is 2.12. The van der Waals surface area contributed by atoms with Gasteiger partial charge in [-0.3, -0.25) is 0 Å². The Morgan fingerprint density at radius 3 is 2.47 bits per heavy atom. The average molecular weight is 274 g/mol. The van der Waals surface area contributed by atoms with Crippen molar-refractivity contribution in [3.63, 3.8) is 0 Å². The Hall–Kier alpha value is -0.720. The lowest BCUT2D eigenvalue weighted by molar-refractivity contribution is 0.580. The molecule has 1 aromatic rings. The molecule has 1 atom stereocenters. The van der Waals surface area contributed by atoms with E-state index >= 15 is 0 Å². The Labute approximate surface area is 107 Å². The van der Waals surface area contributed by atoms with E-state index in [2.05, 4.69) is 4.72 Å². The number of nitrogen functional groups attached to an aromatic ring is 1. The summed E-state index contributed by atoms with van der Waals surface area (Å²) in [4.78, 5) is 0. The minimum atomic E-state index is -3.26.